The van der Waals surface area contributed by atoms with Gasteiger partial charge in [0, 0.05) is 30.2 Å². The minimum absolute atomic E-state index is 0.277. The third-order valence-electron chi connectivity index (χ3n) is 2.10. The Morgan fingerprint density at radius 1 is 1.58 bits per heavy atom. The zero-order valence-corrected chi connectivity index (χ0v) is 8.65. The summed E-state index contributed by atoms with van der Waals surface area (Å²) in [5.41, 5.74) is 1.37. The Hall–Kier alpha value is -0.150. The van der Waals surface area contributed by atoms with Gasteiger partial charge in [-0.3, -0.25) is 0 Å². The van der Waals surface area contributed by atoms with Gasteiger partial charge in [0.25, 0.3) is 0 Å². The van der Waals surface area contributed by atoms with E-state index in [0.717, 1.165) is 18.8 Å². The average Bonchev–Trinajstić information content (AvgIpc) is 2.38. The van der Waals surface area contributed by atoms with Crippen LogP contribution in [-0.4, -0.2) is 29.0 Å². The Morgan fingerprint density at radius 3 is 2.92 bits per heavy atom. The van der Waals surface area contributed by atoms with E-state index < -0.39 is 0 Å². The normalized spacial score (nSPS) is 17.8. The van der Waals surface area contributed by atoms with Crippen molar-refractivity contribution in [1.82, 2.24) is 4.90 Å². The smallest absolute Gasteiger partial charge is 0.0680 e. The molecule has 0 aromatic carbocycles. The molecule has 0 aromatic heterocycles. The second kappa shape index (κ2) is 4.77. The van der Waals surface area contributed by atoms with Crippen molar-refractivity contribution in [3.05, 3.63) is 10.6 Å². The van der Waals surface area contributed by atoms with E-state index >= 15 is 0 Å². The number of hydrogen-bond donors (Lipinski definition) is 1. The molecular formula is C9H17NOS. The van der Waals surface area contributed by atoms with E-state index in [0.29, 0.717) is 0 Å². The molecule has 0 spiro atoms. The number of aliphatic hydroxyl groups excluding tert-OH is 1. The van der Waals surface area contributed by atoms with Gasteiger partial charge in [0.05, 0.1) is 5.88 Å². The molecule has 0 saturated heterocycles. The molecule has 1 rings (SSSR count). The van der Waals surface area contributed by atoms with E-state index in [2.05, 4.69) is 18.7 Å². The lowest BCUT2D eigenvalue weighted by molar-refractivity contribution is 0.300. The SMILES string of the molecule is CCCN1CSC(CCO)=C1C. The number of allylic oxidation sites excluding steroid dienone is 1. The van der Waals surface area contributed by atoms with E-state index in [1.54, 1.807) is 0 Å². The van der Waals surface area contributed by atoms with E-state index in [-0.39, 0.29) is 6.61 Å². The molecule has 3 heteroatoms. The highest BCUT2D eigenvalue weighted by atomic mass is 32.2. The topological polar surface area (TPSA) is 23.5 Å². The minimum Gasteiger partial charge on any atom is -0.396 e. The fraction of sp³-hybridized carbons (Fsp3) is 0.778. The molecule has 12 heavy (non-hydrogen) atoms. The lowest BCUT2D eigenvalue weighted by Gasteiger charge is -2.17. The van der Waals surface area contributed by atoms with Gasteiger partial charge in [-0.25, -0.2) is 0 Å². The summed E-state index contributed by atoms with van der Waals surface area (Å²) in [7, 11) is 0. The molecule has 0 aromatic rings. The number of rotatable bonds is 4. The predicted octanol–water partition coefficient (Wildman–Crippen LogP) is 2.02. The third kappa shape index (κ3) is 2.17. The summed E-state index contributed by atoms with van der Waals surface area (Å²) in [5, 5.41) is 8.79. The number of aliphatic hydroxyl groups is 1. The molecule has 1 N–H and O–H groups in total. The van der Waals surface area contributed by atoms with Gasteiger partial charge in [-0.1, -0.05) is 6.92 Å². The summed E-state index contributed by atoms with van der Waals surface area (Å²) in [6.07, 6.45) is 2.03. The van der Waals surface area contributed by atoms with Crippen molar-refractivity contribution in [2.75, 3.05) is 19.0 Å². The predicted molar refractivity (Wildman–Crippen MR) is 53.9 cm³/mol. The van der Waals surface area contributed by atoms with E-state index in [9.17, 15) is 0 Å². The Balaban J connectivity index is 2.50. The van der Waals surface area contributed by atoms with Gasteiger partial charge in [0.15, 0.2) is 0 Å². The fourth-order valence-corrected chi connectivity index (χ4v) is 2.60. The number of hydrogen-bond acceptors (Lipinski definition) is 3. The fourth-order valence-electron chi connectivity index (χ4n) is 1.39. The molecule has 2 nitrogen and oxygen atoms in total. The zero-order valence-electron chi connectivity index (χ0n) is 7.84. The van der Waals surface area contributed by atoms with Crippen molar-refractivity contribution in [2.45, 2.75) is 26.7 Å². The Labute approximate surface area is 78.6 Å². The number of thioether (sulfide) groups is 1. The van der Waals surface area contributed by atoms with Crippen LogP contribution in [0.1, 0.15) is 26.7 Å². The first kappa shape index (κ1) is 9.93. The molecular weight excluding hydrogens is 170 g/mol. The van der Waals surface area contributed by atoms with Crippen LogP contribution < -0.4 is 0 Å². The molecule has 1 aliphatic heterocycles. The summed E-state index contributed by atoms with van der Waals surface area (Å²) in [6, 6.07) is 0. The molecule has 0 saturated carbocycles. The molecule has 0 fully saturated rings. The maximum Gasteiger partial charge on any atom is 0.0680 e. The molecule has 0 amide bonds. The van der Waals surface area contributed by atoms with Gasteiger partial charge in [0.1, 0.15) is 0 Å². The molecule has 1 aliphatic rings. The van der Waals surface area contributed by atoms with Gasteiger partial charge in [0.2, 0.25) is 0 Å². The van der Waals surface area contributed by atoms with Crippen molar-refractivity contribution in [3.63, 3.8) is 0 Å². The van der Waals surface area contributed by atoms with Crippen LogP contribution in [0.3, 0.4) is 0 Å². The van der Waals surface area contributed by atoms with Crippen molar-refractivity contribution in [1.29, 1.82) is 0 Å². The van der Waals surface area contributed by atoms with Crippen LogP contribution in [0.2, 0.25) is 0 Å². The number of nitrogens with zero attached hydrogens (tertiary/aromatic N) is 1. The Morgan fingerprint density at radius 2 is 2.33 bits per heavy atom. The average molecular weight is 187 g/mol. The highest BCUT2D eigenvalue weighted by Gasteiger charge is 2.17. The first-order chi connectivity index (χ1) is 5.79. The van der Waals surface area contributed by atoms with E-state index in [1.807, 2.05) is 11.8 Å². The lowest BCUT2D eigenvalue weighted by Crippen LogP contribution is -2.18. The van der Waals surface area contributed by atoms with Crippen molar-refractivity contribution >= 4 is 11.8 Å². The zero-order chi connectivity index (χ0) is 8.97. The molecule has 0 unspecified atom stereocenters. The van der Waals surface area contributed by atoms with Crippen molar-refractivity contribution in [2.24, 2.45) is 0 Å². The monoisotopic (exact) mass is 187 g/mol. The maximum atomic E-state index is 8.79. The second-order valence-electron chi connectivity index (χ2n) is 3.02. The molecule has 1 heterocycles. The summed E-state index contributed by atoms with van der Waals surface area (Å²) in [4.78, 5) is 3.75. The van der Waals surface area contributed by atoms with Crippen LogP contribution in [0.4, 0.5) is 0 Å². The first-order valence-corrected chi connectivity index (χ1v) is 5.46. The van der Waals surface area contributed by atoms with Gasteiger partial charge in [-0.05, 0) is 13.3 Å². The van der Waals surface area contributed by atoms with Gasteiger partial charge >= 0.3 is 0 Å². The lowest BCUT2D eigenvalue weighted by atomic mass is 10.3. The molecule has 0 radical (unpaired) electrons. The minimum atomic E-state index is 0.277. The maximum absolute atomic E-state index is 8.79. The van der Waals surface area contributed by atoms with Crippen molar-refractivity contribution in [3.8, 4) is 0 Å². The summed E-state index contributed by atoms with van der Waals surface area (Å²) in [5.74, 6) is 1.08. The molecule has 0 bridgehead atoms. The van der Waals surface area contributed by atoms with Crippen LogP contribution in [0, 0.1) is 0 Å². The molecule has 70 valence electrons. The summed E-state index contributed by atoms with van der Waals surface area (Å²) < 4.78 is 0. The Kier molecular flexibility index (Phi) is 3.95. The Bertz CT molecular complexity index is 179. The van der Waals surface area contributed by atoms with Crippen molar-refractivity contribution < 1.29 is 5.11 Å². The quantitative estimate of drug-likeness (QED) is 0.728. The van der Waals surface area contributed by atoms with Crippen LogP contribution in [-0.2, 0) is 0 Å². The van der Waals surface area contributed by atoms with E-state index in [1.165, 1.54) is 17.0 Å². The summed E-state index contributed by atoms with van der Waals surface area (Å²) in [6.45, 7) is 5.77. The highest BCUT2D eigenvalue weighted by molar-refractivity contribution is 8.03. The molecule has 0 atom stereocenters. The van der Waals surface area contributed by atoms with E-state index in [4.69, 9.17) is 5.11 Å². The third-order valence-corrected chi connectivity index (χ3v) is 3.39. The standard InChI is InChI=1S/C9H17NOS/c1-3-5-10-7-12-9(4-6-11)8(10)2/h11H,3-7H2,1-2H3. The largest absolute Gasteiger partial charge is 0.396 e. The van der Waals surface area contributed by atoms with Gasteiger partial charge in [-0.2, -0.15) is 0 Å². The van der Waals surface area contributed by atoms with Crippen LogP contribution in [0.25, 0.3) is 0 Å². The van der Waals surface area contributed by atoms with Crippen LogP contribution in [0.5, 0.6) is 0 Å². The van der Waals surface area contributed by atoms with Crippen LogP contribution >= 0.6 is 11.8 Å². The first-order valence-electron chi connectivity index (χ1n) is 4.48. The van der Waals surface area contributed by atoms with Gasteiger partial charge < -0.3 is 10.0 Å². The second-order valence-corrected chi connectivity index (χ2v) is 4.06. The molecule has 0 aliphatic carbocycles. The van der Waals surface area contributed by atoms with Crippen LogP contribution in [0.15, 0.2) is 10.6 Å². The van der Waals surface area contributed by atoms with Gasteiger partial charge in [-0.15, -0.1) is 11.8 Å². The highest BCUT2D eigenvalue weighted by Crippen LogP contribution is 2.33. The summed E-state index contributed by atoms with van der Waals surface area (Å²) >= 11 is 1.87.